The molecule has 0 saturated heterocycles. The molecule has 0 bridgehead atoms. The van der Waals surface area contributed by atoms with Gasteiger partial charge in [-0.1, -0.05) is 64.0 Å². The molecule has 0 aromatic carbocycles. The van der Waals surface area contributed by atoms with Crippen molar-refractivity contribution in [3.8, 4) is 0 Å². The van der Waals surface area contributed by atoms with Crippen LogP contribution in [0, 0.1) is 11.8 Å². The highest BCUT2D eigenvalue weighted by molar-refractivity contribution is 5.85. The van der Waals surface area contributed by atoms with E-state index in [-0.39, 0.29) is 5.91 Å². The van der Waals surface area contributed by atoms with Gasteiger partial charge in [-0.15, -0.1) is 0 Å². The Bertz CT molecular complexity index is 365. The van der Waals surface area contributed by atoms with E-state index in [0.29, 0.717) is 19.4 Å². The third kappa shape index (κ3) is 7.10. The molecule has 0 aromatic heterocycles. The topological polar surface area (TPSA) is 66.4 Å². The number of carboxylic acids is 1. The Morgan fingerprint density at radius 1 is 0.955 bits per heavy atom. The Morgan fingerprint density at radius 3 is 2.09 bits per heavy atom. The van der Waals surface area contributed by atoms with Crippen LogP contribution in [0.3, 0.4) is 0 Å². The van der Waals surface area contributed by atoms with Crippen LogP contribution in [0.4, 0.5) is 0 Å². The van der Waals surface area contributed by atoms with E-state index in [2.05, 4.69) is 12.2 Å². The average Bonchev–Trinajstić information content (AvgIpc) is 2.53. The predicted octanol–water partition coefficient (Wildman–Crippen LogP) is 3.91. The van der Waals surface area contributed by atoms with Gasteiger partial charge in [-0.3, -0.25) is 9.59 Å². The van der Waals surface area contributed by atoms with E-state index in [1.165, 1.54) is 38.5 Å². The number of carbonyl (C=O) groups excluding carboxylic acids is 1. The molecule has 0 saturated carbocycles. The molecule has 0 heterocycles. The summed E-state index contributed by atoms with van der Waals surface area (Å²) in [6.45, 7) is 2.89. The van der Waals surface area contributed by atoms with Crippen molar-refractivity contribution in [3.05, 3.63) is 12.2 Å². The maximum absolute atomic E-state index is 12.1. The lowest BCUT2D eigenvalue weighted by molar-refractivity contribution is -0.147. The Kier molecular flexibility index (Phi) is 9.60. The van der Waals surface area contributed by atoms with Crippen LogP contribution in [-0.4, -0.2) is 23.5 Å². The first-order valence-electron chi connectivity index (χ1n) is 8.82. The number of rotatable bonds is 11. The fraction of sp³-hybridized carbons (Fsp3) is 0.778. The van der Waals surface area contributed by atoms with Crippen LogP contribution in [0.5, 0.6) is 0 Å². The van der Waals surface area contributed by atoms with Crippen molar-refractivity contribution in [1.82, 2.24) is 5.32 Å². The smallest absolute Gasteiger partial charge is 0.307 e. The summed E-state index contributed by atoms with van der Waals surface area (Å²) < 4.78 is 0. The molecule has 0 aliphatic heterocycles. The highest BCUT2D eigenvalue weighted by Gasteiger charge is 2.33. The maximum atomic E-state index is 12.1. The molecule has 22 heavy (non-hydrogen) atoms. The van der Waals surface area contributed by atoms with Crippen LogP contribution < -0.4 is 5.32 Å². The van der Waals surface area contributed by atoms with E-state index in [0.717, 1.165) is 12.8 Å². The first-order valence-corrected chi connectivity index (χ1v) is 8.82. The van der Waals surface area contributed by atoms with Crippen molar-refractivity contribution in [1.29, 1.82) is 0 Å². The van der Waals surface area contributed by atoms with Crippen molar-refractivity contribution in [3.63, 3.8) is 0 Å². The number of hydrogen-bond acceptors (Lipinski definition) is 2. The summed E-state index contributed by atoms with van der Waals surface area (Å²) in [7, 11) is 0. The largest absolute Gasteiger partial charge is 0.481 e. The molecule has 4 nitrogen and oxygen atoms in total. The zero-order valence-electron chi connectivity index (χ0n) is 13.9. The number of nitrogens with one attached hydrogen (secondary N) is 1. The van der Waals surface area contributed by atoms with Crippen LogP contribution in [0.15, 0.2) is 12.2 Å². The molecule has 0 spiro atoms. The van der Waals surface area contributed by atoms with Gasteiger partial charge in [0.25, 0.3) is 0 Å². The number of hydrogen-bond donors (Lipinski definition) is 2. The molecule has 0 aromatic rings. The standard InChI is InChI=1S/C18H31NO3/c1-2-3-4-5-6-7-8-11-14-19-17(20)15-12-9-10-13-16(15)18(21)22/h9-10,15-16H,2-8,11-14H2,1H3,(H,19,20)(H,21,22)/t15-,16+/m1/s1. The van der Waals surface area contributed by atoms with Crippen molar-refractivity contribution >= 4 is 11.9 Å². The fourth-order valence-corrected chi connectivity index (χ4v) is 2.98. The van der Waals surface area contributed by atoms with Crippen LogP contribution >= 0.6 is 0 Å². The molecule has 0 radical (unpaired) electrons. The normalized spacial score (nSPS) is 20.8. The summed E-state index contributed by atoms with van der Waals surface area (Å²) >= 11 is 0. The van der Waals surface area contributed by atoms with Crippen LogP contribution in [0.25, 0.3) is 0 Å². The molecule has 0 fully saturated rings. The molecule has 4 heteroatoms. The SMILES string of the molecule is CCCCCCCCCCNC(=O)[C@@H]1CC=CC[C@@H]1C(=O)O. The van der Waals surface area contributed by atoms with E-state index < -0.39 is 17.8 Å². The van der Waals surface area contributed by atoms with E-state index in [9.17, 15) is 14.7 Å². The van der Waals surface area contributed by atoms with Crippen LogP contribution in [0.2, 0.25) is 0 Å². The predicted molar refractivity (Wildman–Crippen MR) is 88.6 cm³/mol. The summed E-state index contributed by atoms with van der Waals surface area (Å²) in [4.78, 5) is 23.3. The van der Waals surface area contributed by atoms with E-state index in [1.54, 1.807) is 0 Å². The summed E-state index contributed by atoms with van der Waals surface area (Å²) in [5, 5.41) is 12.1. The Morgan fingerprint density at radius 2 is 1.50 bits per heavy atom. The van der Waals surface area contributed by atoms with Gasteiger partial charge in [-0.2, -0.15) is 0 Å². The van der Waals surface area contributed by atoms with E-state index >= 15 is 0 Å². The summed E-state index contributed by atoms with van der Waals surface area (Å²) in [6.07, 6.45) is 14.7. The molecule has 2 N–H and O–H groups in total. The van der Waals surface area contributed by atoms with Gasteiger partial charge in [0.1, 0.15) is 0 Å². The minimum Gasteiger partial charge on any atom is -0.481 e. The first kappa shape index (κ1) is 18.7. The lowest BCUT2D eigenvalue weighted by Crippen LogP contribution is -2.39. The van der Waals surface area contributed by atoms with E-state index in [1.807, 2.05) is 12.2 Å². The van der Waals surface area contributed by atoms with Crippen molar-refractivity contribution in [2.24, 2.45) is 11.8 Å². The molecule has 1 aliphatic carbocycles. The molecule has 1 aliphatic rings. The van der Waals surface area contributed by atoms with Crippen molar-refractivity contribution < 1.29 is 14.7 Å². The lowest BCUT2D eigenvalue weighted by Gasteiger charge is -2.24. The van der Waals surface area contributed by atoms with Crippen molar-refractivity contribution in [2.45, 2.75) is 71.1 Å². The number of aliphatic carboxylic acids is 1. The van der Waals surface area contributed by atoms with Gasteiger partial charge in [-0.25, -0.2) is 0 Å². The van der Waals surface area contributed by atoms with Gasteiger partial charge in [-0.05, 0) is 19.3 Å². The van der Waals surface area contributed by atoms with E-state index in [4.69, 9.17) is 0 Å². The van der Waals surface area contributed by atoms with Gasteiger partial charge < -0.3 is 10.4 Å². The minimum atomic E-state index is -0.864. The summed E-state index contributed by atoms with van der Waals surface area (Å²) in [5.41, 5.74) is 0. The van der Waals surface area contributed by atoms with Gasteiger partial charge in [0.2, 0.25) is 5.91 Å². The molecular weight excluding hydrogens is 278 g/mol. The van der Waals surface area contributed by atoms with Crippen LogP contribution in [0.1, 0.15) is 71.1 Å². The minimum absolute atomic E-state index is 0.0975. The zero-order valence-corrected chi connectivity index (χ0v) is 13.9. The number of carbonyl (C=O) groups is 2. The number of amides is 1. The number of carboxylic acid groups (broad SMARTS) is 1. The highest BCUT2D eigenvalue weighted by atomic mass is 16.4. The molecule has 0 unspecified atom stereocenters. The second-order valence-electron chi connectivity index (χ2n) is 6.26. The first-order chi connectivity index (χ1) is 10.7. The quantitative estimate of drug-likeness (QED) is 0.449. The van der Waals surface area contributed by atoms with Gasteiger partial charge in [0.05, 0.1) is 11.8 Å². The van der Waals surface area contributed by atoms with Gasteiger partial charge in [0, 0.05) is 6.54 Å². The molecule has 1 rings (SSSR count). The average molecular weight is 309 g/mol. The van der Waals surface area contributed by atoms with Crippen molar-refractivity contribution in [2.75, 3.05) is 6.54 Å². The second-order valence-corrected chi connectivity index (χ2v) is 6.26. The Balaban J connectivity index is 2.10. The highest BCUT2D eigenvalue weighted by Crippen LogP contribution is 2.26. The molecule has 2 atom stereocenters. The number of unbranched alkanes of at least 4 members (excludes halogenated alkanes) is 7. The molecule has 1 amide bonds. The van der Waals surface area contributed by atoms with Crippen LogP contribution in [-0.2, 0) is 9.59 Å². The van der Waals surface area contributed by atoms with Gasteiger partial charge in [0.15, 0.2) is 0 Å². The lowest BCUT2D eigenvalue weighted by atomic mass is 9.82. The zero-order chi connectivity index (χ0) is 16.2. The second kappa shape index (κ2) is 11.3. The summed E-state index contributed by atoms with van der Waals surface area (Å²) in [6, 6.07) is 0. The third-order valence-electron chi connectivity index (χ3n) is 4.42. The monoisotopic (exact) mass is 309 g/mol. The fourth-order valence-electron chi connectivity index (χ4n) is 2.98. The Labute approximate surface area is 134 Å². The van der Waals surface area contributed by atoms with Gasteiger partial charge >= 0.3 is 5.97 Å². The third-order valence-corrected chi connectivity index (χ3v) is 4.42. The summed E-state index contributed by atoms with van der Waals surface area (Å²) in [5.74, 6) is -1.93. The molecular formula is C18H31NO3. The number of allylic oxidation sites excluding steroid dienone is 2. The maximum Gasteiger partial charge on any atom is 0.307 e. The molecule has 126 valence electrons. The Hall–Kier alpha value is -1.32.